The zero-order valence-electron chi connectivity index (χ0n) is 30.5. The molecular weight excluding hydrogens is 962 g/mol. The van der Waals surface area contributed by atoms with E-state index in [-0.39, 0.29) is 48.6 Å². The molecular formula is C36H34BrClFIN10O6S. The molecule has 0 saturated heterocycles. The molecule has 7 rings (SSSR count). The Labute approximate surface area is 356 Å². The van der Waals surface area contributed by atoms with E-state index in [1.807, 2.05) is 30.5 Å². The topological polar surface area (TPSA) is 186 Å². The van der Waals surface area contributed by atoms with Gasteiger partial charge in [-0.25, -0.2) is 34.6 Å². The Balaban J connectivity index is 0.961. The number of nitrogen functional groups attached to an aromatic ring is 1. The lowest BCUT2D eigenvalue weighted by Gasteiger charge is -2.26. The van der Waals surface area contributed by atoms with Crippen LogP contribution in [0.3, 0.4) is 0 Å². The molecule has 4 N–H and O–H groups in total. The number of fused-ring (bicyclic) bond motifs is 3. The highest BCUT2D eigenvalue weighted by atomic mass is 127. The van der Waals surface area contributed by atoms with Crippen LogP contribution in [-0.4, -0.2) is 78.6 Å². The number of hydrogen-bond acceptors (Lipinski definition) is 13. The average Bonchev–Trinajstić information content (AvgIpc) is 3.89. The highest BCUT2D eigenvalue weighted by molar-refractivity contribution is 14.1. The Hall–Kier alpha value is -4.64. The van der Waals surface area contributed by atoms with E-state index in [1.54, 1.807) is 34.7 Å². The summed E-state index contributed by atoms with van der Waals surface area (Å²) < 4.78 is 37.6. The van der Waals surface area contributed by atoms with Crippen LogP contribution in [0.5, 0.6) is 11.5 Å². The van der Waals surface area contributed by atoms with Gasteiger partial charge >= 0.3 is 6.09 Å². The van der Waals surface area contributed by atoms with E-state index in [1.165, 1.54) is 30.5 Å². The number of amides is 2. The molecule has 3 aromatic heterocycles. The fourth-order valence-electron chi connectivity index (χ4n) is 5.92. The van der Waals surface area contributed by atoms with Crippen molar-refractivity contribution in [3.8, 4) is 11.5 Å². The summed E-state index contributed by atoms with van der Waals surface area (Å²) in [7, 11) is 1.69. The van der Waals surface area contributed by atoms with Crippen molar-refractivity contribution >= 4 is 113 Å². The van der Waals surface area contributed by atoms with Crippen LogP contribution < -0.4 is 26.0 Å². The molecule has 298 valence electrons. The molecule has 0 aliphatic carbocycles. The molecule has 0 atom stereocenters. The second-order valence-corrected chi connectivity index (χ2v) is 16.3. The maximum absolute atomic E-state index is 15.8. The van der Waals surface area contributed by atoms with Crippen molar-refractivity contribution in [2.75, 3.05) is 37.6 Å². The Kier molecular flexibility index (Phi) is 12.4. The average molecular weight is 996 g/mol. The predicted molar refractivity (Wildman–Crippen MR) is 223 cm³/mol. The van der Waals surface area contributed by atoms with Gasteiger partial charge < -0.3 is 39.3 Å². The van der Waals surface area contributed by atoms with E-state index in [2.05, 4.69) is 64.3 Å². The van der Waals surface area contributed by atoms with Crippen LogP contribution in [0.4, 0.5) is 26.4 Å². The fraction of sp³-hybridized carbons (Fsp3) is 0.278. The number of nitrogens with two attached hydrogens (primary N) is 1. The van der Waals surface area contributed by atoms with Gasteiger partial charge in [-0.15, -0.1) is 0 Å². The predicted octanol–water partition coefficient (Wildman–Crippen LogP) is 7.68. The van der Waals surface area contributed by atoms with Gasteiger partial charge in [-0.1, -0.05) is 39.3 Å². The smallest absolute Gasteiger partial charge is 0.410 e. The highest BCUT2D eigenvalue weighted by Gasteiger charge is 2.25. The number of carbonyl (C=O) groups excluding carboxylic acids is 2. The minimum Gasteiger partial charge on any atom is -0.454 e. The molecule has 57 heavy (non-hydrogen) atoms. The number of ether oxygens (including phenoxy) is 3. The molecule has 2 amide bonds. The summed E-state index contributed by atoms with van der Waals surface area (Å²) in [5, 5.41) is 3.87. The van der Waals surface area contributed by atoms with Crippen LogP contribution in [0.2, 0.25) is 5.02 Å². The molecule has 0 fully saturated rings. The summed E-state index contributed by atoms with van der Waals surface area (Å²) in [6.45, 7) is 4.38. The van der Waals surface area contributed by atoms with Gasteiger partial charge in [0.15, 0.2) is 39.5 Å². The Morgan fingerprint density at radius 3 is 2.70 bits per heavy atom. The zero-order valence-corrected chi connectivity index (χ0v) is 35.8. The summed E-state index contributed by atoms with van der Waals surface area (Å²) in [5.41, 5.74) is 10.2. The number of aryl methyl sites for hydroxylation is 2. The van der Waals surface area contributed by atoms with Crippen molar-refractivity contribution in [2.24, 2.45) is 7.05 Å². The summed E-state index contributed by atoms with van der Waals surface area (Å²) in [5.74, 6) is 0.115. The van der Waals surface area contributed by atoms with E-state index < -0.39 is 17.8 Å². The minimum absolute atomic E-state index is 0.0578. The van der Waals surface area contributed by atoms with Crippen molar-refractivity contribution in [2.45, 2.75) is 42.9 Å². The number of imidazole rings is 2. The summed E-state index contributed by atoms with van der Waals surface area (Å²) in [6, 6.07) is 10.1. The summed E-state index contributed by atoms with van der Waals surface area (Å²) in [6.07, 6.45) is 2.81. The molecule has 0 saturated carbocycles. The lowest BCUT2D eigenvalue weighted by atomic mass is 10.1. The number of nitrogens with one attached hydrogen (secondary N) is 2. The molecule has 0 radical (unpaired) electrons. The van der Waals surface area contributed by atoms with Crippen LogP contribution in [-0.2, 0) is 23.2 Å². The first-order chi connectivity index (χ1) is 27.4. The maximum Gasteiger partial charge on any atom is 0.410 e. The van der Waals surface area contributed by atoms with Crippen molar-refractivity contribution in [3.63, 3.8) is 0 Å². The molecule has 1 aliphatic rings. The molecule has 1 aliphatic heterocycles. The van der Waals surface area contributed by atoms with E-state index >= 15 is 4.39 Å². The largest absolute Gasteiger partial charge is 0.454 e. The first-order valence-electron chi connectivity index (χ1n) is 17.3. The summed E-state index contributed by atoms with van der Waals surface area (Å²) in [4.78, 5) is 51.9. The third-order valence-electron chi connectivity index (χ3n) is 8.76. The molecule has 0 spiro atoms. The first-order valence-corrected chi connectivity index (χ1v) is 20.4. The number of carbonyl (C=O) groups is 2. The molecule has 6 aromatic rings. The van der Waals surface area contributed by atoms with E-state index in [4.69, 9.17) is 41.4 Å². The Bertz CT molecular complexity index is 2510. The van der Waals surface area contributed by atoms with Crippen molar-refractivity contribution in [1.82, 2.24) is 39.5 Å². The SMILES string of the molecule is CC(C)N(CCCn1c(Sc2cc3c(cc2I)OCO3)nc2c(N)ncnc21)C(=O)OCCONC(=O)c1cc2c(ncn2C)c(F)c1Nc1ccc(Br)cc1Cl. The molecule has 0 bridgehead atoms. The molecule has 21 heteroatoms. The third kappa shape index (κ3) is 8.78. The lowest BCUT2D eigenvalue weighted by molar-refractivity contribution is 0.00620. The van der Waals surface area contributed by atoms with Crippen molar-refractivity contribution in [3.05, 3.63) is 73.5 Å². The number of rotatable bonds is 14. The van der Waals surface area contributed by atoms with E-state index in [0.717, 1.165) is 12.9 Å². The first kappa shape index (κ1) is 40.6. The maximum atomic E-state index is 15.8. The van der Waals surface area contributed by atoms with Crippen LogP contribution in [0, 0.1) is 9.39 Å². The number of nitrogens with zero attached hydrogens (tertiary/aromatic N) is 7. The second-order valence-electron chi connectivity index (χ2n) is 12.8. The van der Waals surface area contributed by atoms with E-state index in [0.29, 0.717) is 63.6 Å². The Morgan fingerprint density at radius 1 is 1.14 bits per heavy atom. The van der Waals surface area contributed by atoms with Gasteiger partial charge in [0, 0.05) is 39.1 Å². The third-order valence-corrected chi connectivity index (χ3v) is 11.9. The van der Waals surface area contributed by atoms with Gasteiger partial charge in [0.1, 0.15) is 25.1 Å². The number of benzene rings is 3. The van der Waals surface area contributed by atoms with Gasteiger partial charge in [-0.3, -0.25) is 9.63 Å². The van der Waals surface area contributed by atoms with Gasteiger partial charge in [0.05, 0.1) is 33.8 Å². The van der Waals surface area contributed by atoms with Gasteiger partial charge in [-0.2, -0.15) is 0 Å². The monoisotopic (exact) mass is 994 g/mol. The number of halogens is 4. The molecule has 3 aromatic carbocycles. The van der Waals surface area contributed by atoms with Gasteiger partial charge in [0.2, 0.25) is 6.79 Å². The molecule has 0 unspecified atom stereocenters. The molecule has 4 heterocycles. The number of hydroxylamine groups is 1. The normalized spacial score (nSPS) is 12.1. The van der Waals surface area contributed by atoms with Gasteiger partial charge in [-0.05, 0) is 79.3 Å². The zero-order chi connectivity index (χ0) is 40.4. The van der Waals surface area contributed by atoms with Crippen molar-refractivity contribution in [1.29, 1.82) is 0 Å². The van der Waals surface area contributed by atoms with E-state index in [9.17, 15) is 9.59 Å². The second kappa shape index (κ2) is 17.5. The Morgan fingerprint density at radius 2 is 1.93 bits per heavy atom. The fourth-order valence-corrected chi connectivity index (χ4v) is 8.36. The van der Waals surface area contributed by atoms with Crippen LogP contribution in [0.1, 0.15) is 30.6 Å². The minimum atomic E-state index is -0.743. The quantitative estimate of drug-likeness (QED) is 0.0549. The lowest BCUT2D eigenvalue weighted by Crippen LogP contribution is -2.39. The number of hydrogen-bond donors (Lipinski definition) is 3. The van der Waals surface area contributed by atoms with Crippen LogP contribution >= 0.6 is 61.9 Å². The number of aromatic nitrogens is 6. The number of anilines is 3. The van der Waals surface area contributed by atoms with Crippen LogP contribution in [0.25, 0.3) is 22.2 Å². The van der Waals surface area contributed by atoms with Gasteiger partial charge in [0.25, 0.3) is 5.91 Å². The van der Waals surface area contributed by atoms with Crippen LogP contribution in [0.15, 0.2) is 63.6 Å². The summed E-state index contributed by atoms with van der Waals surface area (Å²) >= 11 is 13.4. The van der Waals surface area contributed by atoms with Crippen molar-refractivity contribution < 1.29 is 33.0 Å². The molecule has 16 nitrogen and oxygen atoms in total. The highest BCUT2D eigenvalue weighted by Crippen LogP contribution is 2.42. The standard InChI is InChI=1S/C36H34BrClFIN10O6S/c1-18(2)49(7-4-8-50-33-31(32(41)42-15-43-33)46-35(50)57-27-14-26-25(13-22(27)40)54-17-55-26)36(52)53-9-10-56-47-34(51)20-12-24-30(44-16-48(24)3)28(39)29(20)45-23-6-5-19(37)11-21(23)38/h5-6,11-16,18,45H,4,7-10,17H2,1-3H3,(H,47,51)(H2,41,42,43).